The van der Waals surface area contributed by atoms with Crippen LogP contribution in [0.15, 0.2) is 53.4 Å². The van der Waals surface area contributed by atoms with Gasteiger partial charge in [-0.1, -0.05) is 43.5 Å². The summed E-state index contributed by atoms with van der Waals surface area (Å²) in [4.78, 5) is 12.2. The molecule has 2 aromatic rings. The highest BCUT2D eigenvalue weighted by atomic mass is 32.2. The zero-order valence-electron chi connectivity index (χ0n) is 18.4. The van der Waals surface area contributed by atoms with E-state index in [-0.39, 0.29) is 29.5 Å². The third-order valence-electron chi connectivity index (χ3n) is 5.80. The van der Waals surface area contributed by atoms with Crippen molar-refractivity contribution in [2.24, 2.45) is 0 Å². The lowest BCUT2D eigenvalue weighted by atomic mass is 9.84. The SMILES string of the molecule is O=C(CCNS(=O)(=O)c1ccc(C2CCCCC2)cc1)NCCc1ccc(OC(F)F)cc1. The molecule has 180 valence electrons. The van der Waals surface area contributed by atoms with Gasteiger partial charge in [0.25, 0.3) is 0 Å². The van der Waals surface area contributed by atoms with Gasteiger partial charge in [-0.25, -0.2) is 13.1 Å². The van der Waals surface area contributed by atoms with E-state index in [4.69, 9.17) is 0 Å². The highest BCUT2D eigenvalue weighted by Gasteiger charge is 2.18. The standard InChI is InChI=1S/C24H30F2N2O4S/c25-24(26)32-21-10-6-18(7-11-21)14-16-27-23(29)15-17-28-33(30,31)22-12-8-20(9-13-22)19-4-2-1-3-5-19/h6-13,19,24,28H,1-5,14-17H2,(H,27,29). The van der Waals surface area contributed by atoms with E-state index in [1.54, 1.807) is 24.3 Å². The van der Waals surface area contributed by atoms with Gasteiger partial charge in [0.1, 0.15) is 5.75 Å². The number of alkyl halides is 2. The fourth-order valence-corrected chi connectivity index (χ4v) is 5.04. The van der Waals surface area contributed by atoms with Crippen molar-refractivity contribution in [3.8, 4) is 5.75 Å². The molecule has 0 heterocycles. The number of hydrogen-bond donors (Lipinski definition) is 2. The predicted molar refractivity (Wildman–Crippen MR) is 122 cm³/mol. The number of halogens is 2. The number of amides is 1. The van der Waals surface area contributed by atoms with E-state index >= 15 is 0 Å². The topological polar surface area (TPSA) is 84.5 Å². The lowest BCUT2D eigenvalue weighted by Gasteiger charge is -2.22. The lowest BCUT2D eigenvalue weighted by Crippen LogP contribution is -2.31. The van der Waals surface area contributed by atoms with Gasteiger partial charge in [0.2, 0.25) is 15.9 Å². The van der Waals surface area contributed by atoms with Gasteiger partial charge in [-0.2, -0.15) is 8.78 Å². The zero-order valence-corrected chi connectivity index (χ0v) is 19.3. The van der Waals surface area contributed by atoms with E-state index in [2.05, 4.69) is 14.8 Å². The second-order valence-electron chi connectivity index (χ2n) is 8.17. The third-order valence-corrected chi connectivity index (χ3v) is 7.27. The average molecular weight is 481 g/mol. The minimum Gasteiger partial charge on any atom is -0.435 e. The first-order valence-corrected chi connectivity index (χ1v) is 12.7. The molecule has 1 amide bonds. The maximum absolute atomic E-state index is 12.5. The Hall–Kier alpha value is -2.52. The fourth-order valence-electron chi connectivity index (χ4n) is 4.01. The van der Waals surface area contributed by atoms with Crippen molar-refractivity contribution in [1.82, 2.24) is 10.0 Å². The molecule has 3 rings (SSSR count). The van der Waals surface area contributed by atoms with Gasteiger partial charge in [0.05, 0.1) is 4.90 Å². The largest absolute Gasteiger partial charge is 0.435 e. The van der Waals surface area contributed by atoms with Gasteiger partial charge in [-0.15, -0.1) is 0 Å². The first-order valence-electron chi connectivity index (χ1n) is 11.2. The van der Waals surface area contributed by atoms with Gasteiger partial charge in [-0.3, -0.25) is 4.79 Å². The zero-order chi connectivity index (χ0) is 23.7. The quantitative estimate of drug-likeness (QED) is 0.500. The van der Waals surface area contributed by atoms with Crippen molar-refractivity contribution in [3.63, 3.8) is 0 Å². The van der Waals surface area contributed by atoms with Crippen LogP contribution in [0.4, 0.5) is 8.78 Å². The number of rotatable bonds is 11. The summed E-state index contributed by atoms with van der Waals surface area (Å²) in [6, 6.07) is 13.2. The molecule has 33 heavy (non-hydrogen) atoms. The Kier molecular flexibility index (Phi) is 9.20. The van der Waals surface area contributed by atoms with E-state index < -0.39 is 16.6 Å². The fraction of sp³-hybridized carbons (Fsp3) is 0.458. The van der Waals surface area contributed by atoms with Gasteiger partial charge >= 0.3 is 6.61 Å². The number of nitrogens with one attached hydrogen (secondary N) is 2. The maximum atomic E-state index is 12.5. The summed E-state index contributed by atoms with van der Waals surface area (Å²) in [6.07, 6.45) is 6.54. The molecule has 1 saturated carbocycles. The van der Waals surface area contributed by atoms with Crippen LogP contribution in [0.3, 0.4) is 0 Å². The van der Waals surface area contributed by atoms with Crippen molar-refractivity contribution in [1.29, 1.82) is 0 Å². The van der Waals surface area contributed by atoms with Gasteiger partial charge < -0.3 is 10.1 Å². The summed E-state index contributed by atoms with van der Waals surface area (Å²) >= 11 is 0. The lowest BCUT2D eigenvalue weighted by molar-refractivity contribution is -0.120. The van der Waals surface area contributed by atoms with Crippen LogP contribution in [0.25, 0.3) is 0 Å². The average Bonchev–Trinajstić information content (AvgIpc) is 2.80. The molecule has 2 N–H and O–H groups in total. The molecule has 9 heteroatoms. The maximum Gasteiger partial charge on any atom is 0.387 e. The molecule has 2 aromatic carbocycles. The Labute approximate surface area is 193 Å². The number of carbonyl (C=O) groups excluding carboxylic acids is 1. The first kappa shape index (κ1) is 25.1. The molecular formula is C24H30F2N2O4S. The number of hydrogen-bond acceptors (Lipinski definition) is 4. The van der Waals surface area contributed by atoms with Crippen LogP contribution in [-0.4, -0.2) is 34.0 Å². The van der Waals surface area contributed by atoms with Crippen LogP contribution >= 0.6 is 0 Å². The predicted octanol–water partition coefficient (Wildman–Crippen LogP) is 4.36. The molecule has 0 bridgehead atoms. The van der Waals surface area contributed by atoms with Crippen molar-refractivity contribution in [2.75, 3.05) is 13.1 Å². The molecule has 0 aliphatic heterocycles. The smallest absolute Gasteiger partial charge is 0.387 e. The van der Waals surface area contributed by atoms with E-state index in [0.29, 0.717) is 18.9 Å². The minimum absolute atomic E-state index is 0.00178. The van der Waals surface area contributed by atoms with Crippen LogP contribution in [-0.2, 0) is 21.2 Å². The van der Waals surface area contributed by atoms with Crippen LogP contribution in [0.5, 0.6) is 5.75 Å². The van der Waals surface area contributed by atoms with Crippen LogP contribution in [0.2, 0.25) is 0 Å². The molecule has 0 aromatic heterocycles. The highest BCUT2D eigenvalue weighted by molar-refractivity contribution is 7.89. The first-order chi connectivity index (χ1) is 15.8. The minimum atomic E-state index is -3.67. The Morgan fingerprint density at radius 3 is 2.27 bits per heavy atom. The number of benzene rings is 2. The Morgan fingerprint density at radius 1 is 0.970 bits per heavy atom. The molecule has 0 radical (unpaired) electrons. The summed E-state index contributed by atoms with van der Waals surface area (Å²) in [5.74, 6) is 0.313. The highest BCUT2D eigenvalue weighted by Crippen LogP contribution is 2.32. The summed E-state index contributed by atoms with van der Waals surface area (Å²) in [5.41, 5.74) is 2.04. The van der Waals surface area contributed by atoms with Crippen molar-refractivity contribution < 1.29 is 26.7 Å². The monoisotopic (exact) mass is 480 g/mol. The van der Waals surface area contributed by atoms with Gasteiger partial charge in [0.15, 0.2) is 0 Å². The summed E-state index contributed by atoms with van der Waals surface area (Å²) in [7, 11) is -3.67. The van der Waals surface area contributed by atoms with E-state index in [0.717, 1.165) is 18.4 Å². The molecule has 6 nitrogen and oxygen atoms in total. The summed E-state index contributed by atoms with van der Waals surface area (Å²) in [5, 5.41) is 2.72. The molecule has 1 fully saturated rings. The molecule has 0 atom stereocenters. The van der Waals surface area contributed by atoms with E-state index in [1.807, 2.05) is 12.1 Å². The van der Waals surface area contributed by atoms with E-state index in [1.165, 1.54) is 37.0 Å². The van der Waals surface area contributed by atoms with Gasteiger partial charge in [-0.05, 0) is 60.6 Å². The molecule has 1 aliphatic carbocycles. The van der Waals surface area contributed by atoms with Gasteiger partial charge in [0, 0.05) is 19.5 Å². The van der Waals surface area contributed by atoms with Crippen LogP contribution in [0, 0.1) is 0 Å². The Morgan fingerprint density at radius 2 is 1.64 bits per heavy atom. The normalized spacial score (nSPS) is 14.9. The molecule has 0 saturated heterocycles. The number of carbonyl (C=O) groups is 1. The Balaban J connectivity index is 1.37. The molecule has 0 unspecified atom stereocenters. The molecule has 0 spiro atoms. The van der Waals surface area contributed by atoms with Crippen molar-refractivity contribution >= 4 is 15.9 Å². The summed E-state index contributed by atoms with van der Waals surface area (Å²) < 4.78 is 56.1. The van der Waals surface area contributed by atoms with Crippen molar-refractivity contribution in [3.05, 3.63) is 59.7 Å². The second kappa shape index (κ2) is 12.1. The molecular weight excluding hydrogens is 450 g/mol. The Bertz CT molecular complexity index is 990. The van der Waals surface area contributed by atoms with Crippen molar-refractivity contribution in [2.45, 2.75) is 62.4 Å². The summed E-state index contributed by atoms with van der Waals surface area (Å²) in [6.45, 7) is -2.52. The molecule has 1 aliphatic rings. The number of sulfonamides is 1. The van der Waals surface area contributed by atoms with Crippen LogP contribution < -0.4 is 14.8 Å². The second-order valence-corrected chi connectivity index (χ2v) is 9.94. The third kappa shape index (κ3) is 8.08. The van der Waals surface area contributed by atoms with Crippen LogP contribution in [0.1, 0.15) is 55.6 Å². The van der Waals surface area contributed by atoms with E-state index in [9.17, 15) is 22.0 Å². The number of ether oxygens (including phenoxy) is 1.